The number of furan rings is 1. The maximum Gasteiger partial charge on any atom is 0.169 e. The zero-order valence-corrected chi connectivity index (χ0v) is 9.79. The third-order valence-electron chi connectivity index (χ3n) is 3.08. The van der Waals surface area contributed by atoms with Gasteiger partial charge in [0.1, 0.15) is 5.76 Å². The van der Waals surface area contributed by atoms with Gasteiger partial charge in [-0.2, -0.15) is 0 Å². The standard InChI is InChI=1S/C11H16BrNO/c12-10-7-6-9(14-10)11(13)8-4-2-1-3-5-8/h6-8,11H,1-5,13H2. The molecule has 1 saturated carbocycles. The molecule has 14 heavy (non-hydrogen) atoms. The van der Waals surface area contributed by atoms with E-state index in [1.54, 1.807) is 0 Å². The van der Waals surface area contributed by atoms with Crippen molar-refractivity contribution in [1.82, 2.24) is 0 Å². The molecule has 1 atom stereocenters. The summed E-state index contributed by atoms with van der Waals surface area (Å²) >= 11 is 3.30. The van der Waals surface area contributed by atoms with Crippen LogP contribution in [0.15, 0.2) is 21.2 Å². The van der Waals surface area contributed by atoms with Gasteiger partial charge in [0.05, 0.1) is 6.04 Å². The Labute approximate surface area is 93.0 Å². The van der Waals surface area contributed by atoms with Crippen molar-refractivity contribution in [3.63, 3.8) is 0 Å². The second-order valence-electron chi connectivity index (χ2n) is 4.07. The van der Waals surface area contributed by atoms with Crippen molar-refractivity contribution in [3.8, 4) is 0 Å². The van der Waals surface area contributed by atoms with Gasteiger partial charge in [-0.1, -0.05) is 19.3 Å². The fourth-order valence-electron chi connectivity index (χ4n) is 2.23. The van der Waals surface area contributed by atoms with Crippen molar-refractivity contribution in [3.05, 3.63) is 22.6 Å². The molecular weight excluding hydrogens is 242 g/mol. The molecule has 0 saturated heterocycles. The molecule has 1 fully saturated rings. The first kappa shape index (κ1) is 10.2. The van der Waals surface area contributed by atoms with Gasteiger partial charge in [-0.05, 0) is 46.8 Å². The summed E-state index contributed by atoms with van der Waals surface area (Å²) in [7, 11) is 0. The van der Waals surface area contributed by atoms with E-state index in [1.165, 1.54) is 32.1 Å². The van der Waals surface area contributed by atoms with Crippen molar-refractivity contribution in [2.45, 2.75) is 38.1 Å². The van der Waals surface area contributed by atoms with E-state index in [4.69, 9.17) is 10.2 Å². The van der Waals surface area contributed by atoms with Crippen LogP contribution in [-0.2, 0) is 0 Å². The summed E-state index contributed by atoms with van der Waals surface area (Å²) in [5.41, 5.74) is 6.17. The first-order valence-electron chi connectivity index (χ1n) is 5.28. The normalized spacial score (nSPS) is 21.0. The van der Waals surface area contributed by atoms with Crippen LogP contribution in [0.5, 0.6) is 0 Å². The summed E-state index contributed by atoms with van der Waals surface area (Å²) in [5.74, 6) is 1.53. The smallest absolute Gasteiger partial charge is 0.169 e. The molecule has 2 rings (SSSR count). The van der Waals surface area contributed by atoms with E-state index in [9.17, 15) is 0 Å². The van der Waals surface area contributed by atoms with Gasteiger partial charge in [-0.25, -0.2) is 0 Å². The molecule has 1 aromatic heterocycles. The predicted molar refractivity (Wildman–Crippen MR) is 59.9 cm³/mol. The van der Waals surface area contributed by atoms with E-state index in [0.29, 0.717) is 5.92 Å². The molecule has 1 aliphatic rings. The van der Waals surface area contributed by atoms with Crippen LogP contribution in [0.3, 0.4) is 0 Å². The molecule has 78 valence electrons. The zero-order valence-electron chi connectivity index (χ0n) is 8.21. The summed E-state index contributed by atoms with van der Waals surface area (Å²) in [6, 6.07) is 3.98. The minimum atomic E-state index is 0.0848. The fourth-order valence-corrected chi connectivity index (χ4v) is 2.55. The van der Waals surface area contributed by atoms with E-state index in [2.05, 4.69) is 15.9 Å². The van der Waals surface area contributed by atoms with E-state index in [1.807, 2.05) is 12.1 Å². The first-order chi connectivity index (χ1) is 6.77. The number of hydrogen-bond acceptors (Lipinski definition) is 2. The van der Waals surface area contributed by atoms with Crippen LogP contribution >= 0.6 is 15.9 Å². The Bertz CT molecular complexity index is 291. The minimum Gasteiger partial charge on any atom is -0.453 e. The van der Waals surface area contributed by atoms with E-state index >= 15 is 0 Å². The van der Waals surface area contributed by atoms with Gasteiger partial charge >= 0.3 is 0 Å². The van der Waals surface area contributed by atoms with Crippen LogP contribution in [0.1, 0.15) is 43.9 Å². The predicted octanol–water partition coefficient (Wildman–Crippen LogP) is 3.62. The van der Waals surface area contributed by atoms with Crippen molar-refractivity contribution in [2.24, 2.45) is 11.7 Å². The van der Waals surface area contributed by atoms with Crippen LogP contribution in [0.2, 0.25) is 0 Å². The number of hydrogen-bond donors (Lipinski definition) is 1. The van der Waals surface area contributed by atoms with Gasteiger partial charge in [-0.3, -0.25) is 0 Å². The molecule has 0 aromatic carbocycles. The van der Waals surface area contributed by atoms with Crippen molar-refractivity contribution >= 4 is 15.9 Å². The molecule has 1 unspecified atom stereocenters. The highest BCUT2D eigenvalue weighted by molar-refractivity contribution is 9.10. The van der Waals surface area contributed by atoms with Crippen LogP contribution < -0.4 is 5.73 Å². The van der Waals surface area contributed by atoms with Crippen LogP contribution in [-0.4, -0.2) is 0 Å². The van der Waals surface area contributed by atoms with Gasteiger partial charge in [0, 0.05) is 0 Å². The highest BCUT2D eigenvalue weighted by atomic mass is 79.9. The summed E-state index contributed by atoms with van der Waals surface area (Å²) in [6.07, 6.45) is 6.50. The van der Waals surface area contributed by atoms with E-state index < -0.39 is 0 Å². The number of halogens is 1. The molecule has 1 heterocycles. The summed E-state index contributed by atoms with van der Waals surface area (Å²) < 4.78 is 6.27. The monoisotopic (exact) mass is 257 g/mol. The second-order valence-corrected chi connectivity index (χ2v) is 4.85. The van der Waals surface area contributed by atoms with Gasteiger partial charge in [-0.15, -0.1) is 0 Å². The summed E-state index contributed by atoms with van der Waals surface area (Å²) in [6.45, 7) is 0. The highest BCUT2D eigenvalue weighted by Gasteiger charge is 2.23. The maximum absolute atomic E-state index is 6.17. The lowest BCUT2D eigenvalue weighted by atomic mass is 9.83. The molecule has 0 spiro atoms. The quantitative estimate of drug-likeness (QED) is 0.879. The topological polar surface area (TPSA) is 39.2 Å². The Kier molecular flexibility index (Phi) is 3.29. The fraction of sp³-hybridized carbons (Fsp3) is 0.636. The lowest BCUT2D eigenvalue weighted by Crippen LogP contribution is -2.22. The summed E-state index contributed by atoms with van der Waals surface area (Å²) in [4.78, 5) is 0. The lowest BCUT2D eigenvalue weighted by molar-refractivity contribution is 0.278. The average Bonchev–Trinajstić information content (AvgIpc) is 2.65. The SMILES string of the molecule is NC(c1ccc(Br)o1)C1CCCCC1. The van der Waals surface area contributed by atoms with Gasteiger partial charge in [0.15, 0.2) is 4.67 Å². The second kappa shape index (κ2) is 4.49. The third-order valence-corrected chi connectivity index (χ3v) is 3.51. The number of rotatable bonds is 2. The highest BCUT2D eigenvalue weighted by Crippen LogP contribution is 2.33. The van der Waals surface area contributed by atoms with Gasteiger partial charge < -0.3 is 10.2 Å². The van der Waals surface area contributed by atoms with Crippen molar-refractivity contribution < 1.29 is 4.42 Å². The molecule has 2 nitrogen and oxygen atoms in total. The molecule has 0 bridgehead atoms. The first-order valence-corrected chi connectivity index (χ1v) is 6.07. The van der Waals surface area contributed by atoms with Crippen LogP contribution in [0.25, 0.3) is 0 Å². The van der Waals surface area contributed by atoms with Gasteiger partial charge in [0.25, 0.3) is 0 Å². The van der Waals surface area contributed by atoms with E-state index in [-0.39, 0.29) is 6.04 Å². The Balaban J connectivity index is 2.03. The molecule has 1 aromatic rings. The van der Waals surface area contributed by atoms with Crippen molar-refractivity contribution in [2.75, 3.05) is 0 Å². The number of nitrogens with two attached hydrogens (primary N) is 1. The van der Waals surface area contributed by atoms with Crippen molar-refractivity contribution in [1.29, 1.82) is 0 Å². The zero-order chi connectivity index (χ0) is 9.97. The van der Waals surface area contributed by atoms with Crippen LogP contribution in [0.4, 0.5) is 0 Å². The Hall–Kier alpha value is -0.280. The van der Waals surface area contributed by atoms with E-state index in [0.717, 1.165) is 10.4 Å². The molecule has 1 aliphatic carbocycles. The molecule has 2 N–H and O–H groups in total. The maximum atomic E-state index is 6.17. The third kappa shape index (κ3) is 2.20. The summed E-state index contributed by atoms with van der Waals surface area (Å²) in [5, 5.41) is 0. The Morgan fingerprint density at radius 1 is 1.29 bits per heavy atom. The Morgan fingerprint density at radius 2 is 2.00 bits per heavy atom. The Morgan fingerprint density at radius 3 is 2.57 bits per heavy atom. The molecule has 3 heteroatoms. The molecule has 0 amide bonds. The molecule has 0 radical (unpaired) electrons. The van der Waals surface area contributed by atoms with Gasteiger partial charge in [0.2, 0.25) is 0 Å². The molecular formula is C11H16BrNO. The average molecular weight is 258 g/mol. The van der Waals surface area contributed by atoms with Crippen LogP contribution in [0, 0.1) is 5.92 Å². The minimum absolute atomic E-state index is 0.0848. The largest absolute Gasteiger partial charge is 0.453 e. The molecule has 0 aliphatic heterocycles. The lowest BCUT2D eigenvalue weighted by Gasteiger charge is -2.25.